The van der Waals surface area contributed by atoms with E-state index >= 15 is 0 Å². The summed E-state index contributed by atoms with van der Waals surface area (Å²) < 4.78 is 18.9. The van der Waals surface area contributed by atoms with Gasteiger partial charge in [0.15, 0.2) is 0 Å². The number of amides is 1. The van der Waals surface area contributed by atoms with Gasteiger partial charge in [-0.2, -0.15) is 0 Å². The normalized spacial score (nSPS) is 26.5. The summed E-state index contributed by atoms with van der Waals surface area (Å²) in [5.41, 5.74) is 0.593. The molecule has 3 atom stereocenters. The number of hydrogen-bond acceptors (Lipinski definition) is 5. The van der Waals surface area contributed by atoms with Crippen molar-refractivity contribution in [3.8, 4) is 0 Å². The van der Waals surface area contributed by atoms with Crippen molar-refractivity contribution >= 4 is 17.2 Å². The highest BCUT2D eigenvalue weighted by Gasteiger charge is 2.44. The Morgan fingerprint density at radius 3 is 3.00 bits per heavy atom. The smallest absolute Gasteiger partial charge is 0.228 e. The minimum absolute atomic E-state index is 0.0212. The lowest BCUT2D eigenvalue weighted by molar-refractivity contribution is -0.130. The first-order valence-corrected chi connectivity index (χ1v) is 8.50. The van der Waals surface area contributed by atoms with Crippen molar-refractivity contribution in [1.29, 1.82) is 0 Å². The van der Waals surface area contributed by atoms with Gasteiger partial charge < -0.3 is 9.64 Å². The van der Waals surface area contributed by atoms with Gasteiger partial charge >= 0.3 is 0 Å². The maximum atomic E-state index is 12.9. The Morgan fingerprint density at radius 1 is 1.39 bits per heavy atom. The lowest BCUT2D eigenvalue weighted by Gasteiger charge is -2.18. The average Bonchev–Trinajstić information content (AvgIpc) is 3.24. The maximum Gasteiger partial charge on any atom is 0.228 e. The fourth-order valence-electron chi connectivity index (χ4n) is 3.30. The number of aromatic nitrogens is 2. The molecule has 1 amide bonds. The zero-order valence-electron chi connectivity index (χ0n) is 12.4. The van der Waals surface area contributed by atoms with E-state index in [0.717, 1.165) is 17.6 Å². The Balaban J connectivity index is 1.35. The standard InChI is InChI=1S/C16H16FN3O2S/c17-11-1-2-12(19-7-11)6-15(21)20-8-10-5-13(22-14(10)9-20)16-18-3-4-23-16/h1-4,7,10,13-14H,5-6,8-9H2/t10-,13+,14+/m0/s1. The molecular formula is C16H16FN3O2S. The molecule has 2 aromatic rings. The first-order valence-electron chi connectivity index (χ1n) is 7.62. The summed E-state index contributed by atoms with van der Waals surface area (Å²) in [6.45, 7) is 1.33. The van der Waals surface area contributed by atoms with Crippen molar-refractivity contribution in [2.24, 2.45) is 5.92 Å². The van der Waals surface area contributed by atoms with Crippen LogP contribution in [0.2, 0.25) is 0 Å². The number of pyridine rings is 1. The molecule has 4 heterocycles. The molecule has 0 unspecified atom stereocenters. The Labute approximate surface area is 137 Å². The third-order valence-electron chi connectivity index (χ3n) is 4.44. The molecule has 0 radical (unpaired) electrons. The van der Waals surface area contributed by atoms with Crippen LogP contribution < -0.4 is 0 Å². The van der Waals surface area contributed by atoms with Crippen LogP contribution in [0, 0.1) is 11.7 Å². The van der Waals surface area contributed by atoms with Crippen LogP contribution in [0.15, 0.2) is 29.9 Å². The van der Waals surface area contributed by atoms with Gasteiger partial charge in [-0.05, 0) is 18.6 Å². The minimum atomic E-state index is -0.390. The van der Waals surface area contributed by atoms with Crippen molar-refractivity contribution < 1.29 is 13.9 Å². The first kappa shape index (κ1) is 14.7. The number of halogens is 1. The van der Waals surface area contributed by atoms with E-state index in [1.54, 1.807) is 23.6 Å². The molecule has 0 spiro atoms. The van der Waals surface area contributed by atoms with Crippen molar-refractivity contribution in [2.75, 3.05) is 13.1 Å². The second-order valence-electron chi connectivity index (χ2n) is 5.97. The molecule has 2 fully saturated rings. The van der Waals surface area contributed by atoms with Crippen LogP contribution in [0.3, 0.4) is 0 Å². The summed E-state index contributed by atoms with van der Waals surface area (Å²) in [5, 5.41) is 2.98. The van der Waals surface area contributed by atoms with Crippen molar-refractivity contribution in [2.45, 2.75) is 25.0 Å². The number of nitrogens with zero attached hydrogens (tertiary/aromatic N) is 3. The SMILES string of the molecule is O=C(Cc1ccc(F)cn1)N1C[C@@H]2C[C@H](c3nccs3)O[C@@H]2C1. The first-order chi connectivity index (χ1) is 11.2. The molecule has 2 aromatic heterocycles. The fraction of sp³-hybridized carbons (Fsp3) is 0.438. The number of carbonyl (C=O) groups excluding carboxylic acids is 1. The molecule has 0 N–H and O–H groups in total. The van der Waals surface area contributed by atoms with Gasteiger partial charge in [0.1, 0.15) is 16.9 Å². The Morgan fingerprint density at radius 2 is 2.30 bits per heavy atom. The third-order valence-corrected chi connectivity index (χ3v) is 5.31. The third kappa shape index (κ3) is 2.98. The summed E-state index contributed by atoms with van der Waals surface area (Å²) in [6, 6.07) is 2.88. The number of fused-ring (bicyclic) bond motifs is 1. The Kier molecular flexibility index (Phi) is 3.82. The quantitative estimate of drug-likeness (QED) is 0.864. The zero-order chi connectivity index (χ0) is 15.8. The Hall–Kier alpha value is -1.86. The lowest BCUT2D eigenvalue weighted by atomic mass is 10.0. The van der Waals surface area contributed by atoms with Gasteiger partial charge in [-0.15, -0.1) is 11.3 Å². The van der Waals surface area contributed by atoms with Gasteiger partial charge in [0.2, 0.25) is 5.91 Å². The second-order valence-corrected chi connectivity index (χ2v) is 6.90. The van der Waals surface area contributed by atoms with Crippen LogP contribution in [-0.4, -0.2) is 40.0 Å². The largest absolute Gasteiger partial charge is 0.366 e. The maximum absolute atomic E-state index is 12.9. The summed E-state index contributed by atoms with van der Waals surface area (Å²) in [5.74, 6) is 0.000431. The summed E-state index contributed by atoms with van der Waals surface area (Å²) in [7, 11) is 0. The van der Waals surface area contributed by atoms with Crippen LogP contribution in [0.5, 0.6) is 0 Å². The van der Waals surface area contributed by atoms with Gasteiger partial charge in [0.05, 0.1) is 18.7 Å². The highest BCUT2D eigenvalue weighted by molar-refractivity contribution is 7.09. The topological polar surface area (TPSA) is 55.3 Å². The number of ether oxygens (including phenoxy) is 1. The van der Waals surface area contributed by atoms with E-state index in [1.807, 2.05) is 10.3 Å². The Bertz CT molecular complexity index is 678. The number of hydrogen-bond donors (Lipinski definition) is 0. The fourth-order valence-corrected chi connectivity index (χ4v) is 3.98. The van der Waals surface area contributed by atoms with Gasteiger partial charge in [0, 0.05) is 36.3 Å². The van der Waals surface area contributed by atoms with E-state index in [1.165, 1.54) is 6.07 Å². The molecular weight excluding hydrogens is 317 g/mol. The summed E-state index contributed by atoms with van der Waals surface area (Å²) in [4.78, 5) is 22.5. The molecule has 23 heavy (non-hydrogen) atoms. The molecule has 5 nitrogen and oxygen atoms in total. The van der Waals surface area contributed by atoms with Crippen LogP contribution in [0.25, 0.3) is 0 Å². The van der Waals surface area contributed by atoms with E-state index in [0.29, 0.717) is 24.7 Å². The van der Waals surface area contributed by atoms with Crippen molar-refractivity contribution in [1.82, 2.24) is 14.9 Å². The van der Waals surface area contributed by atoms with Gasteiger partial charge in [-0.1, -0.05) is 0 Å². The molecule has 7 heteroatoms. The van der Waals surface area contributed by atoms with Gasteiger partial charge in [-0.3, -0.25) is 9.78 Å². The number of thiazole rings is 1. The molecule has 2 aliphatic heterocycles. The van der Waals surface area contributed by atoms with E-state index in [-0.39, 0.29) is 24.5 Å². The van der Waals surface area contributed by atoms with Gasteiger partial charge in [-0.25, -0.2) is 9.37 Å². The number of carbonyl (C=O) groups is 1. The number of likely N-dealkylation sites (tertiary alicyclic amines) is 1. The number of rotatable bonds is 3. The van der Waals surface area contributed by atoms with Crippen LogP contribution in [-0.2, 0) is 16.0 Å². The van der Waals surface area contributed by atoms with E-state index in [4.69, 9.17) is 4.74 Å². The highest BCUT2D eigenvalue weighted by Crippen LogP contribution is 2.41. The predicted molar refractivity (Wildman–Crippen MR) is 82.3 cm³/mol. The lowest BCUT2D eigenvalue weighted by Crippen LogP contribution is -2.32. The van der Waals surface area contributed by atoms with E-state index < -0.39 is 5.82 Å². The van der Waals surface area contributed by atoms with Crippen LogP contribution in [0.1, 0.15) is 23.2 Å². The van der Waals surface area contributed by atoms with Crippen LogP contribution >= 0.6 is 11.3 Å². The van der Waals surface area contributed by atoms with Crippen molar-refractivity contribution in [3.05, 3.63) is 46.4 Å². The van der Waals surface area contributed by atoms with E-state index in [9.17, 15) is 9.18 Å². The minimum Gasteiger partial charge on any atom is -0.366 e. The second kappa shape index (κ2) is 5.98. The average molecular weight is 333 g/mol. The predicted octanol–water partition coefficient (Wildman–Crippen LogP) is 2.21. The summed E-state index contributed by atoms with van der Waals surface area (Å²) >= 11 is 1.61. The summed E-state index contributed by atoms with van der Waals surface area (Å²) in [6.07, 6.45) is 4.22. The van der Waals surface area contributed by atoms with Crippen molar-refractivity contribution in [3.63, 3.8) is 0 Å². The van der Waals surface area contributed by atoms with E-state index in [2.05, 4.69) is 9.97 Å². The zero-order valence-corrected chi connectivity index (χ0v) is 13.2. The molecule has 4 rings (SSSR count). The monoisotopic (exact) mass is 333 g/mol. The molecule has 0 saturated carbocycles. The van der Waals surface area contributed by atoms with Gasteiger partial charge in [0.25, 0.3) is 0 Å². The highest BCUT2D eigenvalue weighted by atomic mass is 32.1. The molecule has 0 aliphatic carbocycles. The molecule has 120 valence electrons. The van der Waals surface area contributed by atoms with Crippen LogP contribution in [0.4, 0.5) is 4.39 Å². The molecule has 2 aliphatic rings. The molecule has 2 saturated heterocycles. The molecule has 0 bridgehead atoms. The molecule has 0 aromatic carbocycles.